The maximum atomic E-state index is 13.9. The zero-order valence-electron chi connectivity index (χ0n) is 18.7. The third-order valence-corrected chi connectivity index (χ3v) is 9.35. The highest BCUT2D eigenvalue weighted by atomic mass is 79.9. The quantitative estimate of drug-likeness (QED) is 0.319. The van der Waals surface area contributed by atoms with E-state index in [1.165, 1.54) is 0 Å². The molecule has 2 amide bonds. The van der Waals surface area contributed by atoms with E-state index in [0.717, 1.165) is 65.5 Å². The van der Waals surface area contributed by atoms with Gasteiger partial charge in [0, 0.05) is 13.1 Å². The van der Waals surface area contributed by atoms with Crippen LogP contribution in [0.3, 0.4) is 0 Å². The highest BCUT2D eigenvalue weighted by Gasteiger charge is 2.49. The van der Waals surface area contributed by atoms with Gasteiger partial charge in [0.2, 0.25) is 0 Å². The fourth-order valence-corrected chi connectivity index (χ4v) is 7.86. The Kier molecular flexibility index (Phi) is 7.15. The third kappa shape index (κ3) is 3.97. The normalized spacial score (nSPS) is 16.3. The molecule has 0 saturated heterocycles. The van der Waals surface area contributed by atoms with E-state index in [1.807, 2.05) is 23.6 Å². The summed E-state index contributed by atoms with van der Waals surface area (Å²) < 4.78 is 2.01. The molecule has 2 aromatic rings. The molecule has 170 valence electrons. The summed E-state index contributed by atoms with van der Waals surface area (Å²) in [6.45, 7) is 9.57. The van der Waals surface area contributed by atoms with Crippen molar-refractivity contribution in [1.82, 2.24) is 9.80 Å². The summed E-state index contributed by atoms with van der Waals surface area (Å²) >= 11 is 10.4. The number of nitrogens with zero attached hydrogens (tertiary/aromatic N) is 2. The fraction of sp³-hybridized carbons (Fsp3) is 0.417. The second kappa shape index (κ2) is 9.57. The van der Waals surface area contributed by atoms with Crippen molar-refractivity contribution in [3.05, 3.63) is 51.7 Å². The Morgan fingerprint density at radius 3 is 1.41 bits per heavy atom. The molecule has 0 atom stereocenters. The number of carbonyl (C=O) groups is 2. The van der Waals surface area contributed by atoms with E-state index < -0.39 is 0 Å². The van der Waals surface area contributed by atoms with Gasteiger partial charge in [0.15, 0.2) is 0 Å². The van der Waals surface area contributed by atoms with Crippen LogP contribution >= 0.6 is 54.5 Å². The molecule has 8 heteroatoms. The van der Waals surface area contributed by atoms with Crippen LogP contribution in [0.25, 0.3) is 11.4 Å². The van der Waals surface area contributed by atoms with Gasteiger partial charge in [-0.1, -0.05) is 26.7 Å². The van der Waals surface area contributed by atoms with Crippen molar-refractivity contribution in [1.29, 1.82) is 0 Å². The summed E-state index contributed by atoms with van der Waals surface area (Å²) in [7, 11) is 0. The van der Waals surface area contributed by atoms with Crippen molar-refractivity contribution in [3.8, 4) is 0 Å². The number of amides is 2. The lowest BCUT2D eigenvalue weighted by Crippen LogP contribution is -2.31. The van der Waals surface area contributed by atoms with Gasteiger partial charge in [0.1, 0.15) is 0 Å². The molecule has 0 spiro atoms. The highest BCUT2D eigenvalue weighted by Crippen LogP contribution is 2.50. The number of carbonyl (C=O) groups excluding carboxylic acids is 2. The van der Waals surface area contributed by atoms with Gasteiger partial charge in [-0.15, -0.1) is 22.7 Å². The number of thiophene rings is 2. The zero-order chi connectivity index (χ0) is 23.2. The molecule has 0 N–H and O–H groups in total. The summed E-state index contributed by atoms with van der Waals surface area (Å²) in [4.78, 5) is 33.5. The number of unbranched alkanes of at least 4 members (excludes halogenated alkanes) is 2. The SMILES string of the molecule is CCCCN1C(=O)C2=C(c3sc(Br)cc3C)N(CCCC)C(=O)C2=C1c1sc(Br)cc1C. The average molecular weight is 598 g/mol. The molecule has 0 bridgehead atoms. The first-order valence-electron chi connectivity index (χ1n) is 10.9. The van der Waals surface area contributed by atoms with E-state index in [1.54, 1.807) is 22.7 Å². The minimum absolute atomic E-state index is 0.0429. The first kappa shape index (κ1) is 23.9. The van der Waals surface area contributed by atoms with E-state index >= 15 is 0 Å². The predicted octanol–water partition coefficient (Wildman–Crippen LogP) is 7.36. The van der Waals surface area contributed by atoms with Crippen LogP contribution in [-0.4, -0.2) is 34.7 Å². The Balaban J connectivity index is 2.00. The summed E-state index contributed by atoms with van der Waals surface area (Å²) in [6.07, 6.45) is 3.76. The van der Waals surface area contributed by atoms with Crippen LogP contribution in [0.5, 0.6) is 0 Å². The van der Waals surface area contributed by atoms with Gasteiger partial charge in [-0.05, 0) is 81.8 Å². The van der Waals surface area contributed by atoms with E-state index in [0.29, 0.717) is 24.2 Å². The predicted molar refractivity (Wildman–Crippen MR) is 141 cm³/mol. The Morgan fingerprint density at radius 2 is 1.12 bits per heavy atom. The van der Waals surface area contributed by atoms with Crippen molar-refractivity contribution in [2.45, 2.75) is 53.4 Å². The molecule has 4 nitrogen and oxygen atoms in total. The lowest BCUT2D eigenvalue weighted by molar-refractivity contribution is -0.124. The van der Waals surface area contributed by atoms with Crippen molar-refractivity contribution < 1.29 is 9.59 Å². The minimum atomic E-state index is -0.0429. The molecule has 0 aromatic carbocycles. The summed E-state index contributed by atoms with van der Waals surface area (Å²) in [6, 6.07) is 4.13. The molecule has 4 heterocycles. The van der Waals surface area contributed by atoms with E-state index in [-0.39, 0.29) is 11.8 Å². The number of hydrogen-bond acceptors (Lipinski definition) is 4. The lowest BCUT2D eigenvalue weighted by atomic mass is 10.1. The Bertz CT molecular complexity index is 1070. The standard InChI is InChI=1S/C24H26Br2N2O2S2/c1-5-7-9-27-19(21-13(3)11-15(25)31-21)17-18(23(27)29)20(22-14(4)12-16(26)32-22)28(24(17)30)10-8-6-2/h11-12H,5-10H2,1-4H3. The van der Waals surface area contributed by atoms with Gasteiger partial charge in [0.05, 0.1) is 39.9 Å². The molecule has 0 fully saturated rings. The van der Waals surface area contributed by atoms with E-state index in [4.69, 9.17) is 0 Å². The zero-order valence-corrected chi connectivity index (χ0v) is 23.5. The number of hydrogen-bond donors (Lipinski definition) is 0. The molecular weight excluding hydrogens is 572 g/mol. The topological polar surface area (TPSA) is 40.6 Å². The first-order valence-corrected chi connectivity index (χ1v) is 14.2. The summed E-state index contributed by atoms with van der Waals surface area (Å²) in [5.41, 5.74) is 4.91. The van der Waals surface area contributed by atoms with Crippen LogP contribution in [0.2, 0.25) is 0 Å². The molecule has 2 aliphatic rings. The van der Waals surface area contributed by atoms with Gasteiger partial charge in [-0.25, -0.2) is 0 Å². The van der Waals surface area contributed by atoms with Crippen molar-refractivity contribution in [2.24, 2.45) is 0 Å². The molecule has 0 saturated carbocycles. The number of fused-ring (bicyclic) bond motifs is 1. The minimum Gasteiger partial charge on any atom is -0.306 e. The summed E-state index contributed by atoms with van der Waals surface area (Å²) in [5, 5.41) is 0. The molecule has 0 radical (unpaired) electrons. The van der Waals surface area contributed by atoms with Crippen LogP contribution < -0.4 is 0 Å². The van der Waals surface area contributed by atoms with Crippen molar-refractivity contribution in [3.63, 3.8) is 0 Å². The number of halogens is 2. The van der Waals surface area contributed by atoms with Crippen LogP contribution in [0.4, 0.5) is 0 Å². The number of aryl methyl sites for hydroxylation is 2. The fourth-order valence-electron chi connectivity index (χ4n) is 4.28. The Labute approximate surface area is 214 Å². The van der Waals surface area contributed by atoms with Crippen LogP contribution in [0.1, 0.15) is 60.4 Å². The van der Waals surface area contributed by atoms with E-state index in [2.05, 4.69) is 57.8 Å². The maximum Gasteiger partial charge on any atom is 0.261 e. The maximum absolute atomic E-state index is 13.9. The molecule has 32 heavy (non-hydrogen) atoms. The van der Waals surface area contributed by atoms with Crippen molar-refractivity contribution >= 4 is 77.7 Å². The monoisotopic (exact) mass is 596 g/mol. The largest absolute Gasteiger partial charge is 0.306 e. The van der Waals surface area contributed by atoms with Gasteiger partial charge in [-0.3, -0.25) is 9.59 Å². The third-order valence-electron chi connectivity index (χ3n) is 5.86. The Morgan fingerprint density at radius 1 is 0.750 bits per heavy atom. The van der Waals surface area contributed by atoms with Gasteiger partial charge in [-0.2, -0.15) is 0 Å². The van der Waals surface area contributed by atoms with E-state index in [9.17, 15) is 9.59 Å². The van der Waals surface area contributed by atoms with Crippen LogP contribution in [0.15, 0.2) is 30.9 Å². The molecule has 0 aliphatic carbocycles. The average Bonchev–Trinajstić information content (AvgIpc) is 3.42. The van der Waals surface area contributed by atoms with Gasteiger partial charge in [0.25, 0.3) is 11.8 Å². The molecular formula is C24H26Br2N2O2S2. The van der Waals surface area contributed by atoms with Gasteiger partial charge < -0.3 is 9.80 Å². The molecule has 0 unspecified atom stereocenters. The van der Waals surface area contributed by atoms with Crippen LogP contribution in [0, 0.1) is 13.8 Å². The molecule has 2 aromatic heterocycles. The molecule has 4 rings (SSSR count). The highest BCUT2D eigenvalue weighted by molar-refractivity contribution is 9.11. The second-order valence-corrected chi connectivity index (χ2v) is 13.1. The van der Waals surface area contributed by atoms with Gasteiger partial charge >= 0.3 is 0 Å². The van der Waals surface area contributed by atoms with Crippen molar-refractivity contribution in [2.75, 3.05) is 13.1 Å². The summed E-state index contributed by atoms with van der Waals surface area (Å²) in [5.74, 6) is -0.0858. The first-order chi connectivity index (χ1) is 15.3. The van der Waals surface area contributed by atoms with Crippen LogP contribution in [-0.2, 0) is 9.59 Å². The second-order valence-electron chi connectivity index (χ2n) is 8.19. The lowest BCUT2D eigenvalue weighted by Gasteiger charge is -2.25. The smallest absolute Gasteiger partial charge is 0.261 e. The number of rotatable bonds is 8. The Hall–Kier alpha value is -1.22. The molecule has 2 aliphatic heterocycles.